The number of hydrogen-bond acceptors (Lipinski definition) is 5. The Bertz CT molecular complexity index is 508. The molecule has 0 saturated carbocycles. The molecule has 1 rings (SSSR count). The first-order chi connectivity index (χ1) is 10.3. The van der Waals surface area contributed by atoms with Crippen LogP contribution in [0.15, 0.2) is 33.6 Å². The molecule has 0 saturated heterocycles. The maximum Gasteiger partial charge on any atom is 0.440 e. The number of carbonyl (C=O) groups excluding carboxylic acids is 2. The van der Waals surface area contributed by atoms with Crippen molar-refractivity contribution in [2.45, 2.75) is 44.8 Å². The summed E-state index contributed by atoms with van der Waals surface area (Å²) in [4.78, 5) is 24.5. The monoisotopic (exact) mass is 390 g/mol. The van der Waals surface area contributed by atoms with Gasteiger partial charge in [0.15, 0.2) is 0 Å². The third kappa shape index (κ3) is 7.04. The van der Waals surface area contributed by atoms with Crippen LogP contribution in [0.2, 0.25) is 0 Å². The van der Waals surface area contributed by atoms with E-state index in [2.05, 4.69) is 21.4 Å². The van der Waals surface area contributed by atoms with Crippen LogP contribution in [0.25, 0.3) is 0 Å². The van der Waals surface area contributed by atoms with Gasteiger partial charge < -0.3 is 9.47 Å². The minimum atomic E-state index is -0.722. The van der Waals surface area contributed by atoms with Crippen LogP contribution in [0.1, 0.15) is 27.7 Å². The van der Waals surface area contributed by atoms with Crippen molar-refractivity contribution >= 4 is 40.1 Å². The lowest BCUT2D eigenvalue weighted by Crippen LogP contribution is -2.43. The molecule has 0 fully saturated rings. The van der Waals surface area contributed by atoms with Crippen molar-refractivity contribution in [3.63, 3.8) is 0 Å². The Morgan fingerprint density at radius 2 is 1.64 bits per heavy atom. The zero-order valence-corrected chi connectivity index (χ0v) is 15.2. The van der Waals surface area contributed by atoms with E-state index in [1.165, 1.54) is 0 Å². The Balaban J connectivity index is 2.78. The molecule has 1 aromatic rings. The summed E-state index contributed by atoms with van der Waals surface area (Å²) < 4.78 is 12.0. The summed E-state index contributed by atoms with van der Waals surface area (Å²) in [6.45, 7) is 6.90. The van der Waals surface area contributed by atoms with Gasteiger partial charge in [0, 0.05) is 21.3 Å². The zero-order valence-electron chi connectivity index (χ0n) is 12.8. The molecule has 0 spiro atoms. The van der Waals surface area contributed by atoms with Crippen LogP contribution in [-0.2, 0) is 9.47 Å². The van der Waals surface area contributed by atoms with Gasteiger partial charge in [-0.15, -0.1) is 4.41 Å². The molecule has 0 unspecified atom stereocenters. The Morgan fingerprint density at radius 1 is 1.09 bits per heavy atom. The maximum atomic E-state index is 12.0. The van der Waals surface area contributed by atoms with Gasteiger partial charge in [0.1, 0.15) is 0 Å². The third-order valence-electron chi connectivity index (χ3n) is 2.05. The number of nitrogens with zero attached hydrogens (tertiary/aromatic N) is 1. The molecule has 0 atom stereocenters. The molecular weight excluding hydrogens is 372 g/mol. The lowest BCUT2D eigenvalue weighted by molar-refractivity contribution is 0.0743. The number of halogens is 1. The van der Waals surface area contributed by atoms with E-state index < -0.39 is 12.2 Å². The number of hydrogen-bond donors (Lipinski definition) is 1. The fourth-order valence-corrected chi connectivity index (χ4v) is 2.25. The van der Waals surface area contributed by atoms with E-state index in [9.17, 15) is 9.59 Å². The molecule has 0 aliphatic carbocycles. The maximum absolute atomic E-state index is 12.0. The molecule has 0 heterocycles. The molecule has 0 aromatic heterocycles. The van der Waals surface area contributed by atoms with E-state index in [4.69, 9.17) is 9.47 Å². The Kier molecular flexibility index (Phi) is 7.53. The SMILES string of the molecule is CC(C)OC(=O)NN(Sc1ccc(Br)cc1)C(=O)OC(C)C. The van der Waals surface area contributed by atoms with Gasteiger partial charge in [-0.05, 0) is 52.0 Å². The van der Waals surface area contributed by atoms with Gasteiger partial charge in [-0.2, -0.15) is 0 Å². The van der Waals surface area contributed by atoms with Crippen LogP contribution >= 0.6 is 27.9 Å². The lowest BCUT2D eigenvalue weighted by atomic mass is 10.4. The topological polar surface area (TPSA) is 67.9 Å². The van der Waals surface area contributed by atoms with E-state index >= 15 is 0 Å². The summed E-state index contributed by atoms with van der Waals surface area (Å²) in [5.74, 6) is 0. The predicted molar refractivity (Wildman–Crippen MR) is 88.2 cm³/mol. The first-order valence-electron chi connectivity index (χ1n) is 6.69. The number of rotatable bonds is 4. The largest absolute Gasteiger partial charge is 0.446 e. The zero-order chi connectivity index (χ0) is 16.7. The number of ether oxygens (including phenoxy) is 2. The normalized spacial score (nSPS) is 10.5. The van der Waals surface area contributed by atoms with Crippen molar-refractivity contribution in [3.8, 4) is 0 Å². The molecule has 0 bridgehead atoms. The highest BCUT2D eigenvalue weighted by Crippen LogP contribution is 2.24. The number of carbonyl (C=O) groups is 2. The summed E-state index contributed by atoms with van der Waals surface area (Å²) in [5, 5.41) is 0. The average molecular weight is 391 g/mol. The molecule has 2 amide bonds. The molecule has 8 heteroatoms. The summed E-state index contributed by atoms with van der Waals surface area (Å²) in [6.07, 6.45) is -1.99. The van der Waals surface area contributed by atoms with Gasteiger partial charge in [0.05, 0.1) is 12.2 Å². The second kappa shape index (κ2) is 8.89. The standard InChI is InChI=1S/C14H19BrN2O4S/c1-9(2)20-13(18)16-17(14(19)21-10(3)4)22-12-7-5-11(15)6-8-12/h5-10H,1-4H3,(H,16,18). The van der Waals surface area contributed by atoms with Crippen molar-refractivity contribution in [2.24, 2.45) is 0 Å². The highest BCUT2D eigenvalue weighted by molar-refractivity contribution is 9.10. The average Bonchev–Trinajstić information content (AvgIpc) is 2.38. The van der Waals surface area contributed by atoms with Crippen molar-refractivity contribution in [1.82, 2.24) is 9.84 Å². The van der Waals surface area contributed by atoms with Crippen LogP contribution < -0.4 is 5.43 Å². The molecule has 0 aliphatic rings. The molecule has 22 heavy (non-hydrogen) atoms. The van der Waals surface area contributed by atoms with Crippen LogP contribution in [0.4, 0.5) is 9.59 Å². The molecular formula is C14H19BrN2O4S. The summed E-state index contributed by atoms with van der Waals surface area (Å²) >= 11 is 4.37. The molecule has 6 nitrogen and oxygen atoms in total. The predicted octanol–water partition coefficient (Wildman–Crippen LogP) is 4.35. The van der Waals surface area contributed by atoms with Gasteiger partial charge >= 0.3 is 12.2 Å². The second-order valence-electron chi connectivity index (χ2n) is 4.84. The number of amides is 2. The Hall–Kier alpha value is -1.41. The fraction of sp³-hybridized carbons (Fsp3) is 0.429. The van der Waals surface area contributed by atoms with E-state index in [0.717, 1.165) is 25.7 Å². The van der Waals surface area contributed by atoms with E-state index in [1.807, 2.05) is 12.1 Å². The minimum absolute atomic E-state index is 0.291. The van der Waals surface area contributed by atoms with Crippen LogP contribution in [0, 0.1) is 0 Å². The Morgan fingerprint density at radius 3 is 2.14 bits per heavy atom. The van der Waals surface area contributed by atoms with Crippen molar-refractivity contribution < 1.29 is 19.1 Å². The molecule has 1 aromatic carbocycles. The van der Waals surface area contributed by atoms with Crippen molar-refractivity contribution in [3.05, 3.63) is 28.7 Å². The summed E-state index contributed by atoms with van der Waals surface area (Å²) in [5.41, 5.74) is 2.37. The quantitative estimate of drug-likeness (QED) is 0.611. The molecule has 1 N–H and O–H groups in total. The molecule has 0 radical (unpaired) electrons. The lowest BCUT2D eigenvalue weighted by Gasteiger charge is -2.22. The van der Waals surface area contributed by atoms with Gasteiger partial charge in [0.2, 0.25) is 0 Å². The van der Waals surface area contributed by atoms with Crippen LogP contribution in [0.5, 0.6) is 0 Å². The van der Waals surface area contributed by atoms with Gasteiger partial charge in [-0.1, -0.05) is 15.9 Å². The van der Waals surface area contributed by atoms with Gasteiger partial charge in [-0.3, -0.25) is 0 Å². The van der Waals surface area contributed by atoms with Crippen LogP contribution in [0.3, 0.4) is 0 Å². The van der Waals surface area contributed by atoms with Crippen molar-refractivity contribution in [2.75, 3.05) is 0 Å². The highest BCUT2D eigenvalue weighted by atomic mass is 79.9. The number of nitrogens with one attached hydrogen (secondary N) is 1. The van der Waals surface area contributed by atoms with Gasteiger partial charge in [-0.25, -0.2) is 15.0 Å². The molecule has 0 aliphatic heterocycles. The third-order valence-corrected chi connectivity index (χ3v) is 3.48. The number of benzene rings is 1. The summed E-state index contributed by atoms with van der Waals surface area (Å²) in [7, 11) is 0. The minimum Gasteiger partial charge on any atom is -0.446 e. The van der Waals surface area contributed by atoms with Crippen molar-refractivity contribution in [1.29, 1.82) is 0 Å². The first-order valence-corrected chi connectivity index (χ1v) is 8.26. The first kappa shape index (κ1) is 18.6. The van der Waals surface area contributed by atoms with Crippen LogP contribution in [-0.4, -0.2) is 28.8 Å². The van der Waals surface area contributed by atoms with Gasteiger partial charge in [0.25, 0.3) is 0 Å². The van der Waals surface area contributed by atoms with E-state index in [1.54, 1.807) is 39.8 Å². The number of hydrazine groups is 1. The highest BCUT2D eigenvalue weighted by Gasteiger charge is 2.22. The van der Waals surface area contributed by atoms with E-state index in [-0.39, 0.29) is 12.2 Å². The fourth-order valence-electron chi connectivity index (χ4n) is 1.28. The molecule has 122 valence electrons. The van der Waals surface area contributed by atoms with E-state index in [0.29, 0.717) is 0 Å². The Labute approximate surface area is 142 Å². The second-order valence-corrected chi connectivity index (χ2v) is 6.77. The smallest absolute Gasteiger partial charge is 0.440 e. The summed E-state index contributed by atoms with van der Waals surface area (Å²) in [6, 6.07) is 7.28.